The Bertz CT molecular complexity index is 1250. The van der Waals surface area contributed by atoms with Crippen LogP contribution in [0.1, 0.15) is 43.1 Å². The topological polar surface area (TPSA) is 115 Å². The summed E-state index contributed by atoms with van der Waals surface area (Å²) in [4.78, 5) is 38.6. The highest BCUT2D eigenvalue weighted by Crippen LogP contribution is 2.26. The minimum atomic E-state index is -0.525. The number of rotatable bonds is 5. The van der Waals surface area contributed by atoms with E-state index in [4.69, 9.17) is 0 Å². The quantitative estimate of drug-likeness (QED) is 0.360. The number of likely N-dealkylation sites (tertiary alicyclic amines) is 1. The van der Waals surface area contributed by atoms with Gasteiger partial charge >= 0.3 is 0 Å². The normalized spacial score (nSPS) is 14.1. The average Bonchev–Trinajstić information content (AvgIpc) is 3.13. The van der Waals surface area contributed by atoms with E-state index in [0.29, 0.717) is 35.6 Å². The molecule has 0 bridgehead atoms. The number of Topliss-reactive ketones (excluding diaryl/α,β-unsaturated/α-hetero) is 1. The molecule has 0 saturated carbocycles. The minimum Gasteiger partial charge on any atom is -0.344 e. The monoisotopic (exact) mass is 428 g/mol. The van der Waals surface area contributed by atoms with Gasteiger partial charge in [0.15, 0.2) is 11.4 Å². The number of aromatic amines is 1. The van der Waals surface area contributed by atoms with E-state index in [1.165, 1.54) is 0 Å². The first-order valence-corrected chi connectivity index (χ1v) is 10.4. The van der Waals surface area contributed by atoms with Gasteiger partial charge in [0.2, 0.25) is 0 Å². The second kappa shape index (κ2) is 8.27. The van der Waals surface area contributed by atoms with E-state index in [0.717, 1.165) is 17.7 Å². The Morgan fingerprint density at radius 2 is 1.94 bits per heavy atom. The van der Waals surface area contributed by atoms with Crippen molar-refractivity contribution in [3.8, 4) is 6.07 Å². The molecule has 1 aliphatic rings. The summed E-state index contributed by atoms with van der Waals surface area (Å²) in [6, 6.07) is 9.30. The molecule has 8 heteroatoms. The van der Waals surface area contributed by atoms with Crippen LogP contribution in [0, 0.1) is 16.7 Å². The van der Waals surface area contributed by atoms with Crippen molar-refractivity contribution in [3.63, 3.8) is 0 Å². The average molecular weight is 428 g/mol. The Balaban J connectivity index is 1.53. The zero-order valence-corrected chi connectivity index (χ0v) is 18.3. The SMILES string of the molecule is CC(C)(C)C(=O)c1c[nH]c2ncc(Nc3ccc(C=C(C#N)C(=O)N4CCC4)cc3)nc12. The summed E-state index contributed by atoms with van der Waals surface area (Å²) < 4.78 is 0. The maximum absolute atomic E-state index is 12.7. The number of hydrogen-bond donors (Lipinski definition) is 2. The second-order valence-electron chi connectivity index (χ2n) is 8.80. The summed E-state index contributed by atoms with van der Waals surface area (Å²) in [5, 5.41) is 12.5. The van der Waals surface area contributed by atoms with E-state index in [1.807, 2.05) is 51.1 Å². The number of H-pyrrole nitrogens is 1. The molecular formula is C24H24N6O2. The Morgan fingerprint density at radius 1 is 1.22 bits per heavy atom. The molecule has 0 spiro atoms. The molecule has 162 valence electrons. The molecular weight excluding hydrogens is 404 g/mol. The molecule has 1 aliphatic heterocycles. The molecule has 32 heavy (non-hydrogen) atoms. The lowest BCUT2D eigenvalue weighted by atomic mass is 9.87. The van der Waals surface area contributed by atoms with Crippen LogP contribution in [0.25, 0.3) is 17.2 Å². The summed E-state index contributed by atoms with van der Waals surface area (Å²) >= 11 is 0. The number of aromatic nitrogens is 3. The van der Waals surface area contributed by atoms with Crippen molar-refractivity contribution in [2.24, 2.45) is 5.41 Å². The van der Waals surface area contributed by atoms with Crippen LogP contribution in [0.5, 0.6) is 0 Å². The zero-order valence-electron chi connectivity index (χ0n) is 18.3. The van der Waals surface area contributed by atoms with Crippen LogP contribution in [0.15, 0.2) is 42.2 Å². The number of benzene rings is 1. The van der Waals surface area contributed by atoms with Gasteiger partial charge in [-0.05, 0) is 30.2 Å². The number of ketones is 1. The molecule has 1 fully saturated rings. The third-order valence-corrected chi connectivity index (χ3v) is 5.29. The van der Waals surface area contributed by atoms with Crippen LogP contribution in [0.2, 0.25) is 0 Å². The van der Waals surface area contributed by atoms with Crippen LogP contribution in [0.4, 0.5) is 11.5 Å². The van der Waals surface area contributed by atoms with Crippen LogP contribution >= 0.6 is 0 Å². The van der Waals surface area contributed by atoms with Gasteiger partial charge in [0.25, 0.3) is 5.91 Å². The van der Waals surface area contributed by atoms with Gasteiger partial charge in [-0.15, -0.1) is 0 Å². The molecule has 3 aromatic rings. The van der Waals surface area contributed by atoms with Crippen molar-refractivity contribution in [2.45, 2.75) is 27.2 Å². The molecule has 2 N–H and O–H groups in total. The van der Waals surface area contributed by atoms with Gasteiger partial charge < -0.3 is 15.2 Å². The summed E-state index contributed by atoms with van der Waals surface area (Å²) in [5.41, 5.74) is 2.72. The molecule has 1 saturated heterocycles. The third-order valence-electron chi connectivity index (χ3n) is 5.29. The summed E-state index contributed by atoms with van der Waals surface area (Å²) in [6.07, 6.45) is 5.82. The smallest absolute Gasteiger partial charge is 0.264 e. The van der Waals surface area contributed by atoms with E-state index in [-0.39, 0.29) is 17.3 Å². The van der Waals surface area contributed by atoms with Crippen LogP contribution < -0.4 is 5.32 Å². The highest BCUT2D eigenvalue weighted by Gasteiger charge is 2.26. The maximum atomic E-state index is 12.7. The summed E-state index contributed by atoms with van der Waals surface area (Å²) in [5.74, 6) is 0.276. The van der Waals surface area contributed by atoms with E-state index >= 15 is 0 Å². The van der Waals surface area contributed by atoms with Gasteiger partial charge in [0.05, 0.1) is 11.8 Å². The number of carbonyl (C=O) groups is 2. The first-order valence-electron chi connectivity index (χ1n) is 10.4. The van der Waals surface area contributed by atoms with Crippen LogP contribution in [-0.2, 0) is 4.79 Å². The fraction of sp³-hybridized carbons (Fsp3) is 0.292. The lowest BCUT2D eigenvalue weighted by Gasteiger charge is -2.30. The van der Waals surface area contributed by atoms with Crippen molar-refractivity contribution in [3.05, 3.63) is 53.4 Å². The first-order chi connectivity index (χ1) is 15.3. The van der Waals surface area contributed by atoms with Crippen molar-refractivity contribution in [2.75, 3.05) is 18.4 Å². The molecule has 8 nitrogen and oxygen atoms in total. The lowest BCUT2D eigenvalue weighted by Crippen LogP contribution is -2.42. The van der Waals surface area contributed by atoms with Crippen LogP contribution in [0.3, 0.4) is 0 Å². The van der Waals surface area contributed by atoms with Gasteiger partial charge in [-0.3, -0.25) is 9.59 Å². The highest BCUT2D eigenvalue weighted by atomic mass is 16.2. The van der Waals surface area contributed by atoms with Crippen molar-refractivity contribution in [1.29, 1.82) is 5.26 Å². The number of hydrogen-bond acceptors (Lipinski definition) is 6. The van der Waals surface area contributed by atoms with Crippen molar-refractivity contribution >= 4 is 40.4 Å². The zero-order chi connectivity index (χ0) is 22.9. The highest BCUT2D eigenvalue weighted by molar-refractivity contribution is 6.08. The number of nitrogens with zero attached hydrogens (tertiary/aromatic N) is 4. The van der Waals surface area contributed by atoms with E-state index in [9.17, 15) is 14.9 Å². The van der Waals surface area contributed by atoms with Gasteiger partial charge in [0.1, 0.15) is 23.0 Å². The molecule has 1 aromatic carbocycles. The van der Waals surface area contributed by atoms with E-state index < -0.39 is 5.41 Å². The van der Waals surface area contributed by atoms with E-state index in [2.05, 4.69) is 20.3 Å². The number of nitriles is 1. The van der Waals surface area contributed by atoms with Crippen molar-refractivity contribution < 1.29 is 9.59 Å². The Kier molecular flexibility index (Phi) is 5.49. The molecule has 3 heterocycles. The van der Waals surface area contributed by atoms with Gasteiger partial charge in [-0.2, -0.15) is 5.26 Å². The fourth-order valence-corrected chi connectivity index (χ4v) is 3.34. The number of anilines is 2. The maximum Gasteiger partial charge on any atom is 0.264 e. The Labute approximate surface area is 186 Å². The van der Waals surface area contributed by atoms with Gasteiger partial charge in [0, 0.05) is 30.4 Å². The Hall–Kier alpha value is -3.99. The summed E-state index contributed by atoms with van der Waals surface area (Å²) in [7, 11) is 0. The second-order valence-corrected chi connectivity index (χ2v) is 8.80. The van der Waals surface area contributed by atoms with Gasteiger partial charge in [-0.25, -0.2) is 9.97 Å². The Morgan fingerprint density at radius 3 is 2.53 bits per heavy atom. The lowest BCUT2D eigenvalue weighted by molar-refractivity contribution is -0.129. The third kappa shape index (κ3) is 4.23. The summed E-state index contributed by atoms with van der Waals surface area (Å²) in [6.45, 7) is 7.02. The largest absolute Gasteiger partial charge is 0.344 e. The molecule has 0 aliphatic carbocycles. The molecule has 1 amide bonds. The number of amides is 1. The minimum absolute atomic E-state index is 0.00703. The first kappa shape index (κ1) is 21.2. The van der Waals surface area contributed by atoms with Crippen LogP contribution in [-0.4, -0.2) is 44.6 Å². The molecule has 4 rings (SSSR count). The molecule has 0 unspecified atom stereocenters. The number of nitrogens with one attached hydrogen (secondary N) is 2. The molecule has 0 radical (unpaired) electrons. The standard InChI is InChI=1S/C24H24N6O2/c1-24(2,3)21(31)18-13-26-22-20(18)29-19(14-27-22)28-17-7-5-15(6-8-17)11-16(12-25)23(32)30-9-4-10-30/h5-8,11,13-14H,4,9-10H2,1-3H3,(H,26,27)(H,28,29). The fourth-order valence-electron chi connectivity index (χ4n) is 3.34. The molecule has 0 atom stereocenters. The number of carbonyl (C=O) groups excluding carboxylic acids is 2. The van der Waals surface area contributed by atoms with Crippen molar-refractivity contribution in [1.82, 2.24) is 19.9 Å². The van der Waals surface area contributed by atoms with Gasteiger partial charge in [-0.1, -0.05) is 32.9 Å². The molecule has 2 aromatic heterocycles. The predicted molar refractivity (Wildman–Crippen MR) is 122 cm³/mol. The predicted octanol–water partition coefficient (Wildman–Crippen LogP) is 4.07. The van der Waals surface area contributed by atoms with E-state index in [1.54, 1.807) is 23.4 Å². The number of fused-ring (bicyclic) bond motifs is 1.